The van der Waals surface area contributed by atoms with E-state index in [0.29, 0.717) is 0 Å². The fourth-order valence-corrected chi connectivity index (χ4v) is 1.44. The van der Waals surface area contributed by atoms with Crippen molar-refractivity contribution in [2.45, 2.75) is 0 Å². The number of phenols is 1. The number of phenolic OH excluding ortho intramolecular Hbond substituents is 1. The van der Waals surface area contributed by atoms with Gasteiger partial charge in [-0.2, -0.15) is 0 Å². The summed E-state index contributed by atoms with van der Waals surface area (Å²) in [6, 6.07) is 3.21. The minimum atomic E-state index is -1.34. The van der Waals surface area contributed by atoms with Crippen LogP contribution in [0.1, 0.15) is 10.6 Å². The maximum atomic E-state index is 13.5. The summed E-state index contributed by atoms with van der Waals surface area (Å²) in [6.45, 7) is 0. The van der Waals surface area contributed by atoms with Gasteiger partial charge in [0.2, 0.25) is 5.76 Å². The summed E-state index contributed by atoms with van der Waals surface area (Å²) in [5.74, 6) is -3.10. The van der Waals surface area contributed by atoms with Gasteiger partial charge in [0.15, 0.2) is 0 Å². The predicted molar refractivity (Wildman–Crippen MR) is 55.5 cm³/mol. The number of aromatic nitrogens is 1. The smallest absolute Gasteiger partial charge is 0.374 e. The molecule has 1 aromatic heterocycles. The first-order valence-electron chi connectivity index (χ1n) is 4.38. The number of carboxylic acids is 1. The molecule has 0 aliphatic heterocycles. The van der Waals surface area contributed by atoms with Crippen molar-refractivity contribution in [3.05, 3.63) is 34.8 Å². The maximum absolute atomic E-state index is 13.5. The molecule has 0 fully saturated rings. The second-order valence-corrected chi connectivity index (χ2v) is 3.54. The number of carboxylic acid groups (broad SMARTS) is 1. The lowest BCUT2D eigenvalue weighted by Crippen LogP contribution is -1.91. The van der Waals surface area contributed by atoms with Gasteiger partial charge < -0.3 is 14.7 Å². The van der Waals surface area contributed by atoms with Gasteiger partial charge >= 0.3 is 5.97 Å². The van der Waals surface area contributed by atoms with Gasteiger partial charge in [0, 0.05) is 6.07 Å². The largest absolute Gasteiger partial charge is 0.506 e. The Morgan fingerprint density at radius 3 is 2.76 bits per heavy atom. The molecule has 0 aliphatic carbocycles. The van der Waals surface area contributed by atoms with E-state index in [-0.39, 0.29) is 16.3 Å². The number of hydrogen-bond acceptors (Lipinski definition) is 4. The zero-order valence-corrected chi connectivity index (χ0v) is 8.90. The monoisotopic (exact) mass is 257 g/mol. The Hall–Kier alpha value is -2.08. The van der Waals surface area contributed by atoms with Crippen LogP contribution in [0.2, 0.25) is 5.02 Å². The second kappa shape index (κ2) is 4.06. The highest BCUT2D eigenvalue weighted by Gasteiger charge is 2.19. The SMILES string of the molecule is O=C(O)c1cc(-c2c(F)ccc(Cl)c2O)no1. The number of halogens is 2. The van der Waals surface area contributed by atoms with Gasteiger partial charge in [-0.1, -0.05) is 16.8 Å². The summed E-state index contributed by atoms with van der Waals surface area (Å²) < 4.78 is 17.9. The predicted octanol–water partition coefficient (Wildman–Crippen LogP) is 2.54. The average Bonchev–Trinajstić information content (AvgIpc) is 2.73. The van der Waals surface area contributed by atoms with Crippen molar-refractivity contribution < 1.29 is 23.9 Å². The molecule has 17 heavy (non-hydrogen) atoms. The Morgan fingerprint density at radius 2 is 2.18 bits per heavy atom. The van der Waals surface area contributed by atoms with Crippen molar-refractivity contribution in [3.63, 3.8) is 0 Å². The molecule has 0 saturated carbocycles. The van der Waals surface area contributed by atoms with E-state index in [2.05, 4.69) is 9.68 Å². The van der Waals surface area contributed by atoms with Crippen LogP contribution in [0.5, 0.6) is 5.75 Å². The zero-order chi connectivity index (χ0) is 12.6. The van der Waals surface area contributed by atoms with Crippen LogP contribution in [0.3, 0.4) is 0 Å². The van der Waals surface area contributed by atoms with Crippen LogP contribution >= 0.6 is 11.6 Å². The first kappa shape index (κ1) is 11.4. The summed E-state index contributed by atoms with van der Waals surface area (Å²) in [6.07, 6.45) is 0. The van der Waals surface area contributed by atoms with E-state index in [1.807, 2.05) is 0 Å². The molecular formula is C10H5ClFNO4. The Kier molecular flexibility index (Phi) is 2.72. The number of hydrogen-bond donors (Lipinski definition) is 2. The topological polar surface area (TPSA) is 83.6 Å². The van der Waals surface area contributed by atoms with Crippen LogP contribution in [0.25, 0.3) is 11.3 Å². The van der Waals surface area contributed by atoms with Gasteiger partial charge in [0.1, 0.15) is 17.3 Å². The van der Waals surface area contributed by atoms with Crippen LogP contribution < -0.4 is 0 Å². The molecule has 0 bridgehead atoms. The molecule has 2 aromatic rings. The summed E-state index contributed by atoms with van der Waals surface area (Å²) in [4.78, 5) is 10.6. The van der Waals surface area contributed by atoms with Crippen LogP contribution in [0.4, 0.5) is 4.39 Å². The first-order chi connectivity index (χ1) is 8.00. The zero-order valence-electron chi connectivity index (χ0n) is 8.15. The molecule has 0 spiro atoms. The standard InChI is InChI=1S/C10H5ClFNO4/c11-4-1-2-5(12)8(9(4)14)6-3-7(10(15)16)17-13-6/h1-3,14H,(H,15,16). The number of carbonyl (C=O) groups is 1. The van der Waals surface area contributed by atoms with Crippen molar-refractivity contribution in [1.82, 2.24) is 5.16 Å². The first-order valence-corrected chi connectivity index (χ1v) is 4.76. The van der Waals surface area contributed by atoms with Crippen molar-refractivity contribution in [2.75, 3.05) is 0 Å². The van der Waals surface area contributed by atoms with Gasteiger partial charge in [-0.25, -0.2) is 9.18 Å². The molecule has 5 nitrogen and oxygen atoms in total. The number of benzene rings is 1. The fraction of sp³-hybridized carbons (Fsp3) is 0. The minimum absolute atomic E-state index is 0.0683. The molecule has 2 N–H and O–H groups in total. The molecule has 0 unspecified atom stereocenters. The third-order valence-corrected chi connectivity index (χ3v) is 2.36. The Balaban J connectivity index is 2.60. The second-order valence-electron chi connectivity index (χ2n) is 3.13. The van der Waals surface area contributed by atoms with Gasteiger partial charge in [0.25, 0.3) is 0 Å². The lowest BCUT2D eigenvalue weighted by Gasteiger charge is -2.03. The lowest BCUT2D eigenvalue weighted by atomic mass is 10.1. The van der Waals surface area contributed by atoms with Gasteiger partial charge in [-0.15, -0.1) is 0 Å². The van der Waals surface area contributed by atoms with Crippen molar-refractivity contribution in [1.29, 1.82) is 0 Å². The summed E-state index contributed by atoms with van der Waals surface area (Å²) in [5, 5.41) is 21.5. The number of rotatable bonds is 2. The summed E-state index contributed by atoms with van der Waals surface area (Å²) in [7, 11) is 0. The highest BCUT2D eigenvalue weighted by Crippen LogP contribution is 2.36. The molecule has 0 atom stereocenters. The molecular weight excluding hydrogens is 253 g/mol. The maximum Gasteiger partial charge on any atom is 0.374 e. The molecule has 0 radical (unpaired) electrons. The van der Waals surface area contributed by atoms with Crippen LogP contribution in [0, 0.1) is 5.82 Å². The molecule has 0 amide bonds. The van der Waals surface area contributed by atoms with E-state index in [1.54, 1.807) is 0 Å². The quantitative estimate of drug-likeness (QED) is 0.864. The van der Waals surface area contributed by atoms with Gasteiger partial charge in [0.05, 0.1) is 10.6 Å². The molecule has 0 saturated heterocycles. The van der Waals surface area contributed by atoms with E-state index in [4.69, 9.17) is 16.7 Å². The molecule has 1 aromatic carbocycles. The van der Waals surface area contributed by atoms with E-state index in [1.165, 1.54) is 6.07 Å². The molecule has 7 heteroatoms. The number of aromatic hydroxyl groups is 1. The van der Waals surface area contributed by atoms with Gasteiger partial charge in [-0.3, -0.25) is 0 Å². The normalized spacial score (nSPS) is 10.5. The third-order valence-electron chi connectivity index (χ3n) is 2.05. The molecule has 1 heterocycles. The van der Waals surface area contributed by atoms with Crippen molar-refractivity contribution in [2.24, 2.45) is 0 Å². The van der Waals surface area contributed by atoms with E-state index < -0.39 is 23.3 Å². The minimum Gasteiger partial charge on any atom is -0.506 e. The number of nitrogens with zero attached hydrogens (tertiary/aromatic N) is 1. The van der Waals surface area contributed by atoms with E-state index >= 15 is 0 Å². The highest BCUT2D eigenvalue weighted by atomic mass is 35.5. The Labute approximate surface area is 99.0 Å². The highest BCUT2D eigenvalue weighted by molar-refractivity contribution is 6.32. The molecule has 88 valence electrons. The lowest BCUT2D eigenvalue weighted by molar-refractivity contribution is 0.0652. The molecule has 2 rings (SSSR count). The molecule has 0 aliphatic rings. The Morgan fingerprint density at radius 1 is 1.47 bits per heavy atom. The van der Waals surface area contributed by atoms with Crippen LogP contribution in [0.15, 0.2) is 22.7 Å². The third kappa shape index (κ3) is 1.94. The fourth-order valence-electron chi connectivity index (χ4n) is 1.28. The summed E-state index contributed by atoms with van der Waals surface area (Å²) >= 11 is 5.61. The van der Waals surface area contributed by atoms with Crippen molar-refractivity contribution in [3.8, 4) is 17.0 Å². The average molecular weight is 258 g/mol. The van der Waals surface area contributed by atoms with Crippen LogP contribution in [-0.2, 0) is 0 Å². The summed E-state index contributed by atoms with van der Waals surface area (Å²) in [5.41, 5.74) is -0.436. The van der Waals surface area contributed by atoms with Crippen LogP contribution in [-0.4, -0.2) is 21.3 Å². The van der Waals surface area contributed by atoms with E-state index in [9.17, 15) is 14.3 Å². The van der Waals surface area contributed by atoms with Crippen molar-refractivity contribution >= 4 is 17.6 Å². The van der Waals surface area contributed by atoms with E-state index in [0.717, 1.165) is 12.1 Å². The Bertz CT molecular complexity index is 596. The van der Waals surface area contributed by atoms with Gasteiger partial charge in [-0.05, 0) is 12.1 Å². The number of aromatic carboxylic acids is 1.